The Balaban J connectivity index is 1.63. The fourth-order valence-corrected chi connectivity index (χ4v) is 3.94. The van der Waals surface area contributed by atoms with Crippen LogP contribution in [0, 0.1) is 0 Å². The molecule has 10 heteroatoms. The van der Waals surface area contributed by atoms with E-state index in [9.17, 15) is 22.8 Å². The fraction of sp³-hybridized carbons (Fsp3) is 0.318. The van der Waals surface area contributed by atoms with Gasteiger partial charge in [0.1, 0.15) is 5.75 Å². The van der Waals surface area contributed by atoms with E-state index < -0.39 is 21.1 Å². The van der Waals surface area contributed by atoms with Crippen molar-refractivity contribution in [2.45, 2.75) is 24.8 Å². The van der Waals surface area contributed by atoms with Gasteiger partial charge in [-0.05, 0) is 49.7 Å². The molecular formula is C22H25N3O6S. The van der Waals surface area contributed by atoms with Gasteiger partial charge in [0.25, 0.3) is 11.5 Å². The zero-order valence-corrected chi connectivity index (χ0v) is 18.9. The van der Waals surface area contributed by atoms with E-state index in [1.54, 1.807) is 38.2 Å². The lowest BCUT2D eigenvalue weighted by Crippen LogP contribution is -2.34. The number of ether oxygens (including phenoxy) is 1. The maximum Gasteiger partial charge on any atom is 0.328 e. The lowest BCUT2D eigenvalue weighted by atomic mass is 10.1. The zero-order valence-electron chi connectivity index (χ0n) is 18.1. The van der Waals surface area contributed by atoms with Gasteiger partial charge in [-0.1, -0.05) is 6.07 Å². The molecule has 0 bridgehead atoms. The van der Waals surface area contributed by atoms with Gasteiger partial charge >= 0.3 is 5.69 Å². The summed E-state index contributed by atoms with van der Waals surface area (Å²) in [5.74, 6) is 0.185. The van der Waals surface area contributed by atoms with Crippen LogP contribution in [0.3, 0.4) is 0 Å². The summed E-state index contributed by atoms with van der Waals surface area (Å²) in [5, 5.41) is 0.343. The Kier molecular flexibility index (Phi) is 6.83. The Hall–Kier alpha value is -3.40. The molecule has 0 aliphatic rings. The number of nitrogens with one attached hydrogen (secondary N) is 1. The first-order valence-electron chi connectivity index (χ1n) is 10.1. The van der Waals surface area contributed by atoms with Gasteiger partial charge in [-0.25, -0.2) is 13.2 Å². The molecule has 1 aromatic heterocycles. The second kappa shape index (κ2) is 9.39. The van der Waals surface area contributed by atoms with Crippen molar-refractivity contribution in [3.8, 4) is 5.75 Å². The summed E-state index contributed by atoms with van der Waals surface area (Å²) in [7, 11) is -1.66. The monoisotopic (exact) mass is 459 g/mol. The van der Waals surface area contributed by atoms with Crippen molar-refractivity contribution in [3.63, 3.8) is 0 Å². The Morgan fingerprint density at radius 3 is 2.59 bits per heavy atom. The molecule has 1 amide bonds. The molecule has 0 radical (unpaired) electrons. The van der Waals surface area contributed by atoms with E-state index in [1.807, 2.05) is 0 Å². The third-order valence-electron chi connectivity index (χ3n) is 5.03. The van der Waals surface area contributed by atoms with Crippen molar-refractivity contribution < 1.29 is 17.9 Å². The number of hydrogen-bond donors (Lipinski definition) is 1. The number of fused-ring (bicyclic) bond motifs is 1. The highest BCUT2D eigenvalue weighted by Crippen LogP contribution is 2.17. The number of benzene rings is 2. The van der Waals surface area contributed by atoms with E-state index >= 15 is 0 Å². The van der Waals surface area contributed by atoms with Gasteiger partial charge in [-0.15, -0.1) is 0 Å². The second-order valence-corrected chi connectivity index (χ2v) is 9.43. The van der Waals surface area contributed by atoms with Gasteiger partial charge in [0.2, 0.25) is 0 Å². The third-order valence-corrected chi connectivity index (χ3v) is 6.14. The molecule has 0 aliphatic carbocycles. The molecule has 0 saturated carbocycles. The number of sulfone groups is 1. The Bertz CT molecular complexity index is 1370. The summed E-state index contributed by atoms with van der Waals surface area (Å²) in [6, 6.07) is 10.9. The number of rotatable bonds is 8. The number of H-pyrrole nitrogens is 1. The SMILES string of the molecule is CCn1c(=O)[nH]c2cc(C(=O)N(C)CCCOc3cccc(S(C)(=O)=O)c3)ccc2c1=O. The predicted molar refractivity (Wildman–Crippen MR) is 121 cm³/mol. The smallest absolute Gasteiger partial charge is 0.328 e. The Morgan fingerprint density at radius 1 is 1.16 bits per heavy atom. The van der Waals surface area contributed by atoms with E-state index in [4.69, 9.17) is 4.74 Å². The van der Waals surface area contributed by atoms with Crippen molar-refractivity contribution in [2.75, 3.05) is 26.5 Å². The summed E-state index contributed by atoms with van der Waals surface area (Å²) < 4.78 is 30.0. The number of hydrogen-bond acceptors (Lipinski definition) is 6. The predicted octanol–water partition coefficient (Wildman–Crippen LogP) is 1.65. The van der Waals surface area contributed by atoms with E-state index in [0.717, 1.165) is 10.8 Å². The summed E-state index contributed by atoms with van der Waals surface area (Å²) in [6.45, 7) is 2.67. The molecule has 1 heterocycles. The molecule has 0 unspecified atom stereocenters. The molecule has 0 fully saturated rings. The van der Waals surface area contributed by atoms with Crippen molar-refractivity contribution in [3.05, 3.63) is 68.9 Å². The Labute approximate surface area is 185 Å². The summed E-state index contributed by atoms with van der Waals surface area (Å²) in [4.78, 5) is 41.5. The second-order valence-electron chi connectivity index (χ2n) is 7.42. The van der Waals surface area contributed by atoms with E-state index in [0.29, 0.717) is 41.8 Å². The van der Waals surface area contributed by atoms with Crippen LogP contribution in [0.5, 0.6) is 5.75 Å². The molecule has 32 heavy (non-hydrogen) atoms. The molecule has 9 nitrogen and oxygen atoms in total. The summed E-state index contributed by atoms with van der Waals surface area (Å²) >= 11 is 0. The van der Waals surface area contributed by atoms with Crippen LogP contribution < -0.4 is 16.0 Å². The highest BCUT2D eigenvalue weighted by atomic mass is 32.2. The minimum atomic E-state index is -3.31. The highest BCUT2D eigenvalue weighted by molar-refractivity contribution is 7.90. The lowest BCUT2D eigenvalue weighted by Gasteiger charge is -2.18. The van der Waals surface area contributed by atoms with Gasteiger partial charge in [0.15, 0.2) is 9.84 Å². The molecule has 2 aromatic carbocycles. The summed E-state index contributed by atoms with van der Waals surface area (Å²) in [6.07, 6.45) is 1.66. The molecule has 0 atom stereocenters. The van der Waals surface area contributed by atoms with Gasteiger partial charge in [0, 0.05) is 32.0 Å². The largest absolute Gasteiger partial charge is 0.493 e. The van der Waals surface area contributed by atoms with Crippen LogP contribution >= 0.6 is 0 Å². The normalized spacial score (nSPS) is 11.5. The minimum Gasteiger partial charge on any atom is -0.493 e. The fourth-order valence-electron chi connectivity index (χ4n) is 3.28. The van der Waals surface area contributed by atoms with Crippen molar-refractivity contribution in [2.24, 2.45) is 0 Å². The quantitative estimate of drug-likeness (QED) is 0.512. The average molecular weight is 460 g/mol. The third kappa shape index (κ3) is 5.08. The summed E-state index contributed by atoms with van der Waals surface area (Å²) in [5.41, 5.74) is -0.236. The van der Waals surface area contributed by atoms with Crippen LogP contribution in [0.2, 0.25) is 0 Å². The molecule has 3 aromatic rings. The number of aromatic nitrogens is 2. The number of carbonyl (C=O) groups is 1. The number of nitrogens with zero attached hydrogens (tertiary/aromatic N) is 2. The van der Waals surface area contributed by atoms with Gasteiger partial charge in [-0.2, -0.15) is 0 Å². The Morgan fingerprint density at radius 2 is 1.91 bits per heavy atom. The first-order valence-corrected chi connectivity index (χ1v) is 12.0. The van der Waals surface area contributed by atoms with Gasteiger partial charge in [0.05, 0.1) is 22.4 Å². The minimum absolute atomic E-state index is 0.183. The number of carbonyl (C=O) groups excluding carboxylic acids is 1. The molecule has 0 spiro atoms. The van der Waals surface area contributed by atoms with Gasteiger partial charge in [-0.3, -0.25) is 14.2 Å². The number of amides is 1. The van der Waals surface area contributed by atoms with Crippen molar-refractivity contribution in [1.82, 2.24) is 14.5 Å². The van der Waals surface area contributed by atoms with E-state index in [-0.39, 0.29) is 17.3 Å². The van der Waals surface area contributed by atoms with Crippen LogP contribution in [-0.2, 0) is 16.4 Å². The first-order chi connectivity index (χ1) is 15.1. The molecule has 0 saturated heterocycles. The molecule has 1 N–H and O–H groups in total. The van der Waals surface area contributed by atoms with Crippen LogP contribution in [0.15, 0.2) is 56.9 Å². The van der Waals surface area contributed by atoms with Crippen LogP contribution in [-0.4, -0.2) is 55.2 Å². The molecule has 0 aliphatic heterocycles. The molecule has 170 valence electrons. The van der Waals surface area contributed by atoms with E-state index in [2.05, 4.69) is 4.98 Å². The van der Waals surface area contributed by atoms with E-state index in [1.165, 1.54) is 23.1 Å². The van der Waals surface area contributed by atoms with Crippen molar-refractivity contribution in [1.29, 1.82) is 0 Å². The van der Waals surface area contributed by atoms with Crippen LogP contribution in [0.25, 0.3) is 10.9 Å². The highest BCUT2D eigenvalue weighted by Gasteiger charge is 2.14. The van der Waals surface area contributed by atoms with Crippen molar-refractivity contribution >= 4 is 26.6 Å². The number of aromatic amines is 1. The lowest BCUT2D eigenvalue weighted by molar-refractivity contribution is 0.0788. The standard InChI is InChI=1S/C22H25N3O6S/c1-4-25-21(27)18-10-9-15(13-19(18)23-22(25)28)20(26)24(2)11-6-12-31-16-7-5-8-17(14-16)32(3,29)30/h5,7-10,13-14H,4,6,11-12H2,1-3H3,(H,23,28). The zero-order chi connectivity index (χ0) is 23.5. The molecular weight excluding hydrogens is 434 g/mol. The van der Waals surface area contributed by atoms with Crippen LogP contribution in [0.4, 0.5) is 0 Å². The maximum absolute atomic E-state index is 12.7. The average Bonchev–Trinajstić information content (AvgIpc) is 2.75. The molecule has 3 rings (SSSR count). The van der Waals surface area contributed by atoms with Gasteiger partial charge < -0.3 is 14.6 Å². The topological polar surface area (TPSA) is 119 Å². The maximum atomic E-state index is 12.7. The van der Waals surface area contributed by atoms with Crippen LogP contribution in [0.1, 0.15) is 23.7 Å². The first kappa shape index (κ1) is 23.3.